The van der Waals surface area contributed by atoms with E-state index < -0.39 is 7.12 Å². The summed E-state index contributed by atoms with van der Waals surface area (Å²) in [4.78, 5) is 13.0. The van der Waals surface area contributed by atoms with Crippen LogP contribution >= 0.6 is 0 Å². The summed E-state index contributed by atoms with van der Waals surface area (Å²) < 4.78 is 19.1. The van der Waals surface area contributed by atoms with Crippen molar-refractivity contribution in [3.63, 3.8) is 0 Å². The summed E-state index contributed by atoms with van der Waals surface area (Å²) in [6.07, 6.45) is 9.68. The van der Waals surface area contributed by atoms with Crippen molar-refractivity contribution in [2.75, 3.05) is 6.54 Å². The first-order valence-electron chi connectivity index (χ1n) is 13.2. The van der Waals surface area contributed by atoms with Crippen LogP contribution in [-0.4, -0.2) is 37.3 Å². The standard InChI is InChI=1S/C27H37BN2O4/c1-26(2)19-13-22(26)27(3)23(14-19)33-28(34-27)24(30-25(31)29-15-17-8-4-5-9-17)12-18-16-32-21-11-7-6-10-20(18)21/h6-7,10-11,16-17,19,22-24H,4-5,8-9,12-15H2,1-3H3,(H2,29,30,31)/t19-,22-,23+,24-,27-/m0/s1. The van der Waals surface area contributed by atoms with Gasteiger partial charge in [-0.15, -0.1) is 0 Å². The number of hydrogen-bond acceptors (Lipinski definition) is 4. The molecule has 2 heterocycles. The van der Waals surface area contributed by atoms with Crippen LogP contribution in [0.4, 0.5) is 4.79 Å². The predicted octanol–water partition coefficient (Wildman–Crippen LogP) is 5.10. The van der Waals surface area contributed by atoms with Gasteiger partial charge in [-0.1, -0.05) is 44.9 Å². The average Bonchev–Trinajstić information content (AvgIpc) is 3.55. The highest BCUT2D eigenvalue weighted by Crippen LogP contribution is 2.65. The van der Waals surface area contributed by atoms with Gasteiger partial charge in [-0.25, -0.2) is 4.79 Å². The van der Waals surface area contributed by atoms with E-state index in [2.05, 4.69) is 37.5 Å². The summed E-state index contributed by atoms with van der Waals surface area (Å²) in [6, 6.07) is 7.90. The topological polar surface area (TPSA) is 72.7 Å². The van der Waals surface area contributed by atoms with Crippen molar-refractivity contribution in [1.82, 2.24) is 10.6 Å². The Morgan fingerprint density at radius 1 is 1.18 bits per heavy atom. The summed E-state index contributed by atoms with van der Waals surface area (Å²) in [5, 5.41) is 7.41. The minimum atomic E-state index is -0.476. The van der Waals surface area contributed by atoms with Crippen molar-refractivity contribution >= 4 is 24.1 Å². The monoisotopic (exact) mass is 464 g/mol. The molecule has 7 rings (SSSR count). The van der Waals surface area contributed by atoms with Crippen LogP contribution in [0, 0.1) is 23.2 Å². The Morgan fingerprint density at radius 2 is 1.97 bits per heavy atom. The molecule has 5 aliphatic rings. The van der Waals surface area contributed by atoms with E-state index >= 15 is 0 Å². The maximum atomic E-state index is 13.0. The van der Waals surface area contributed by atoms with Crippen molar-refractivity contribution in [2.45, 2.75) is 83.4 Å². The molecule has 2 aromatic rings. The molecule has 5 fully saturated rings. The molecule has 4 saturated carbocycles. The number of rotatable bonds is 6. The van der Waals surface area contributed by atoms with Crippen molar-refractivity contribution < 1.29 is 18.5 Å². The average molecular weight is 464 g/mol. The lowest BCUT2D eigenvalue weighted by molar-refractivity contribution is -0.199. The molecule has 7 heteroatoms. The zero-order chi connectivity index (χ0) is 23.5. The zero-order valence-electron chi connectivity index (χ0n) is 20.6. The minimum Gasteiger partial charge on any atom is -0.464 e. The number of benzene rings is 1. The van der Waals surface area contributed by atoms with E-state index in [1.165, 1.54) is 32.1 Å². The highest BCUT2D eigenvalue weighted by molar-refractivity contribution is 6.48. The van der Waals surface area contributed by atoms with Crippen LogP contribution in [0.3, 0.4) is 0 Å². The highest BCUT2D eigenvalue weighted by Gasteiger charge is 2.68. The second-order valence-electron chi connectivity index (χ2n) is 11.9. The van der Waals surface area contributed by atoms with Crippen LogP contribution in [0.25, 0.3) is 11.0 Å². The van der Waals surface area contributed by atoms with Gasteiger partial charge < -0.3 is 24.4 Å². The molecule has 1 saturated heterocycles. The van der Waals surface area contributed by atoms with Gasteiger partial charge in [0, 0.05) is 11.9 Å². The van der Waals surface area contributed by atoms with Gasteiger partial charge in [0.1, 0.15) is 5.58 Å². The van der Waals surface area contributed by atoms with Crippen LogP contribution in [0.1, 0.15) is 64.9 Å². The first-order chi connectivity index (χ1) is 16.3. The number of nitrogens with one attached hydrogen (secondary N) is 2. The number of carbonyl (C=O) groups excluding carboxylic acids is 1. The van der Waals surface area contributed by atoms with Gasteiger partial charge in [0.25, 0.3) is 0 Å². The van der Waals surface area contributed by atoms with Crippen LogP contribution in [0.5, 0.6) is 0 Å². The molecule has 182 valence electrons. The van der Waals surface area contributed by atoms with Gasteiger partial charge in [0.05, 0.1) is 23.9 Å². The van der Waals surface area contributed by atoms with Gasteiger partial charge in [-0.3, -0.25) is 0 Å². The molecule has 34 heavy (non-hydrogen) atoms. The molecule has 4 aliphatic carbocycles. The van der Waals surface area contributed by atoms with E-state index in [1.54, 1.807) is 6.26 Å². The number of fused-ring (bicyclic) bond motifs is 1. The van der Waals surface area contributed by atoms with Gasteiger partial charge in [0.15, 0.2) is 0 Å². The lowest BCUT2D eigenvalue weighted by Gasteiger charge is -2.64. The zero-order valence-corrected chi connectivity index (χ0v) is 20.6. The third kappa shape index (κ3) is 3.67. The SMILES string of the molecule is CC1(C)[C@@H]2C[C@H]3OB([C@H](Cc4coc5ccccc45)NC(=O)NCC4CCCC4)O[C@@]3(C)[C@H]1C2. The fraction of sp³-hybridized carbons (Fsp3) is 0.667. The minimum absolute atomic E-state index is 0.0845. The summed E-state index contributed by atoms with van der Waals surface area (Å²) in [5.74, 6) is 1.47. The van der Waals surface area contributed by atoms with Crippen LogP contribution in [0.15, 0.2) is 34.9 Å². The first kappa shape index (κ1) is 22.5. The number of hydrogen-bond donors (Lipinski definition) is 2. The Hall–Kier alpha value is -1.99. The number of furan rings is 1. The molecule has 0 unspecified atom stereocenters. The summed E-state index contributed by atoms with van der Waals surface area (Å²) in [6.45, 7) is 7.70. The second kappa shape index (κ2) is 8.30. The quantitative estimate of drug-likeness (QED) is 0.584. The van der Waals surface area contributed by atoms with Crippen molar-refractivity contribution in [1.29, 1.82) is 0 Å². The molecule has 1 aromatic carbocycles. The molecule has 0 spiro atoms. The lowest BCUT2D eigenvalue weighted by Crippen LogP contribution is -2.65. The van der Waals surface area contributed by atoms with E-state index in [1.807, 2.05) is 18.2 Å². The highest BCUT2D eigenvalue weighted by atomic mass is 16.7. The van der Waals surface area contributed by atoms with Gasteiger partial charge >= 0.3 is 13.1 Å². The van der Waals surface area contributed by atoms with Crippen molar-refractivity contribution in [3.8, 4) is 0 Å². The molecule has 2 bridgehead atoms. The maximum Gasteiger partial charge on any atom is 0.482 e. The maximum absolute atomic E-state index is 13.0. The smallest absolute Gasteiger partial charge is 0.464 e. The third-order valence-corrected chi connectivity index (χ3v) is 9.64. The summed E-state index contributed by atoms with van der Waals surface area (Å²) in [5.41, 5.74) is 1.90. The number of carbonyl (C=O) groups is 1. The molecule has 2 amide bonds. The fourth-order valence-corrected chi connectivity index (χ4v) is 7.39. The second-order valence-corrected chi connectivity index (χ2v) is 11.9. The normalized spacial score (nSPS) is 32.9. The van der Waals surface area contributed by atoms with Crippen molar-refractivity contribution in [2.24, 2.45) is 23.2 Å². The van der Waals surface area contributed by atoms with E-state index in [4.69, 9.17) is 13.7 Å². The van der Waals surface area contributed by atoms with E-state index in [9.17, 15) is 4.79 Å². The number of amides is 2. The Labute approximate surface area is 202 Å². The molecule has 0 radical (unpaired) electrons. The van der Waals surface area contributed by atoms with E-state index in [0.717, 1.165) is 29.5 Å². The Bertz CT molecular complexity index is 1060. The fourth-order valence-electron chi connectivity index (χ4n) is 7.39. The molecule has 5 atom stereocenters. The predicted molar refractivity (Wildman–Crippen MR) is 132 cm³/mol. The van der Waals surface area contributed by atoms with Crippen molar-refractivity contribution in [3.05, 3.63) is 36.1 Å². The Kier molecular flexibility index (Phi) is 5.49. The van der Waals surface area contributed by atoms with E-state index in [-0.39, 0.29) is 29.1 Å². The Balaban J connectivity index is 1.21. The van der Waals surface area contributed by atoms with E-state index in [0.29, 0.717) is 24.2 Å². The summed E-state index contributed by atoms with van der Waals surface area (Å²) in [7, 11) is -0.476. The number of para-hydroxylation sites is 1. The Morgan fingerprint density at radius 3 is 2.76 bits per heavy atom. The van der Waals surface area contributed by atoms with Crippen LogP contribution in [0.2, 0.25) is 0 Å². The van der Waals surface area contributed by atoms with Gasteiger partial charge in [-0.2, -0.15) is 0 Å². The molecular formula is C27H37BN2O4. The van der Waals surface area contributed by atoms with Gasteiger partial charge in [-0.05, 0) is 73.8 Å². The third-order valence-electron chi connectivity index (χ3n) is 9.64. The molecule has 1 aliphatic heterocycles. The molecule has 2 N–H and O–H groups in total. The molecule has 1 aromatic heterocycles. The van der Waals surface area contributed by atoms with Gasteiger partial charge in [0.2, 0.25) is 0 Å². The summed E-state index contributed by atoms with van der Waals surface area (Å²) >= 11 is 0. The molecule has 6 nitrogen and oxygen atoms in total. The van der Waals surface area contributed by atoms with Crippen LogP contribution in [-0.2, 0) is 15.7 Å². The first-order valence-corrected chi connectivity index (χ1v) is 13.2. The number of urea groups is 1. The largest absolute Gasteiger partial charge is 0.482 e. The lowest BCUT2D eigenvalue weighted by atomic mass is 9.43. The molecular weight excluding hydrogens is 427 g/mol. The van der Waals surface area contributed by atoms with Crippen LogP contribution < -0.4 is 10.6 Å².